The monoisotopic (exact) mass is 295 g/mol. The summed E-state index contributed by atoms with van der Waals surface area (Å²) in [6.07, 6.45) is 5.00. The maximum Gasteiger partial charge on any atom is 0.326 e. The Kier molecular flexibility index (Phi) is 3.63. The zero-order chi connectivity index (χ0) is 15.1. The van der Waals surface area contributed by atoms with Gasteiger partial charge in [0.2, 0.25) is 5.91 Å². The Labute approximate surface area is 122 Å². The zero-order valence-corrected chi connectivity index (χ0v) is 11.8. The summed E-state index contributed by atoms with van der Waals surface area (Å²) < 4.78 is 0. The number of hydrogen-bond donors (Lipinski definition) is 3. The molecule has 4 bridgehead atoms. The van der Waals surface area contributed by atoms with Crippen molar-refractivity contribution < 1.29 is 24.6 Å². The van der Waals surface area contributed by atoms with Crippen molar-refractivity contribution in [2.45, 2.75) is 44.6 Å². The Hall–Kier alpha value is -1.59. The van der Waals surface area contributed by atoms with Crippen LogP contribution in [0.25, 0.3) is 0 Å². The summed E-state index contributed by atoms with van der Waals surface area (Å²) in [7, 11) is 0. The number of hydrogen-bond acceptors (Lipinski definition) is 3. The highest BCUT2D eigenvalue weighted by molar-refractivity contribution is 5.88. The number of aliphatic carboxylic acids is 2. The van der Waals surface area contributed by atoms with Crippen LogP contribution in [0.3, 0.4) is 0 Å². The molecule has 0 radical (unpaired) electrons. The minimum atomic E-state index is -1.33. The van der Waals surface area contributed by atoms with Gasteiger partial charge in [-0.1, -0.05) is 0 Å². The van der Waals surface area contributed by atoms with Crippen LogP contribution in [0.5, 0.6) is 0 Å². The molecule has 6 heteroatoms. The highest BCUT2D eigenvalue weighted by Gasteiger charge is 2.51. The van der Waals surface area contributed by atoms with Gasteiger partial charge in [-0.2, -0.15) is 0 Å². The summed E-state index contributed by atoms with van der Waals surface area (Å²) in [6.45, 7) is 0. The third-order valence-electron chi connectivity index (χ3n) is 5.52. The van der Waals surface area contributed by atoms with Gasteiger partial charge in [0.15, 0.2) is 0 Å². The zero-order valence-electron chi connectivity index (χ0n) is 11.8. The van der Waals surface area contributed by atoms with Crippen LogP contribution in [0.1, 0.15) is 38.5 Å². The van der Waals surface area contributed by atoms with Gasteiger partial charge < -0.3 is 15.5 Å². The maximum atomic E-state index is 12.5. The molecule has 0 spiro atoms. The lowest BCUT2D eigenvalue weighted by Gasteiger charge is -2.53. The molecule has 6 nitrogen and oxygen atoms in total. The van der Waals surface area contributed by atoms with Crippen LogP contribution in [0, 0.1) is 29.6 Å². The molecule has 0 aromatic carbocycles. The van der Waals surface area contributed by atoms with Gasteiger partial charge in [-0.15, -0.1) is 0 Å². The minimum Gasteiger partial charge on any atom is -0.481 e. The first kappa shape index (κ1) is 14.4. The Bertz CT molecular complexity index is 447. The number of carboxylic acids is 2. The summed E-state index contributed by atoms with van der Waals surface area (Å²) in [5.41, 5.74) is 0. The molecule has 3 N–H and O–H groups in total. The Morgan fingerprint density at radius 2 is 1.48 bits per heavy atom. The van der Waals surface area contributed by atoms with Crippen LogP contribution in [0.4, 0.5) is 0 Å². The summed E-state index contributed by atoms with van der Waals surface area (Å²) in [4.78, 5) is 34.2. The van der Waals surface area contributed by atoms with Crippen LogP contribution in [0.15, 0.2) is 0 Å². The molecule has 1 atom stereocenters. The lowest BCUT2D eigenvalue weighted by atomic mass is 9.51. The van der Waals surface area contributed by atoms with Crippen LogP contribution < -0.4 is 5.32 Å². The van der Waals surface area contributed by atoms with Crippen LogP contribution >= 0.6 is 0 Å². The molecule has 0 aliphatic heterocycles. The van der Waals surface area contributed by atoms with Crippen molar-refractivity contribution in [2.75, 3.05) is 0 Å². The van der Waals surface area contributed by atoms with Gasteiger partial charge >= 0.3 is 11.9 Å². The highest BCUT2D eigenvalue weighted by Crippen LogP contribution is 2.56. The van der Waals surface area contributed by atoms with E-state index in [-0.39, 0.29) is 11.8 Å². The first-order valence-electron chi connectivity index (χ1n) is 7.69. The van der Waals surface area contributed by atoms with Crippen LogP contribution in [0.2, 0.25) is 0 Å². The van der Waals surface area contributed by atoms with E-state index in [0.717, 1.165) is 37.5 Å². The van der Waals surface area contributed by atoms with E-state index in [1.165, 1.54) is 6.42 Å². The predicted molar refractivity (Wildman–Crippen MR) is 72.4 cm³/mol. The van der Waals surface area contributed by atoms with E-state index in [2.05, 4.69) is 5.32 Å². The normalized spacial score (nSPS) is 38.0. The van der Waals surface area contributed by atoms with Crippen molar-refractivity contribution in [3.8, 4) is 0 Å². The van der Waals surface area contributed by atoms with Gasteiger partial charge in [-0.05, 0) is 55.8 Å². The summed E-state index contributed by atoms with van der Waals surface area (Å²) in [6, 6.07) is -1.33. The van der Waals surface area contributed by atoms with Crippen molar-refractivity contribution in [3.63, 3.8) is 0 Å². The summed E-state index contributed by atoms with van der Waals surface area (Å²) in [5.74, 6) is -0.661. The van der Waals surface area contributed by atoms with Gasteiger partial charge in [0, 0.05) is 5.92 Å². The van der Waals surface area contributed by atoms with Gasteiger partial charge in [0.05, 0.1) is 6.42 Å². The smallest absolute Gasteiger partial charge is 0.326 e. The quantitative estimate of drug-likeness (QED) is 0.704. The molecule has 116 valence electrons. The van der Waals surface area contributed by atoms with E-state index in [9.17, 15) is 14.4 Å². The molecule has 0 aromatic heterocycles. The van der Waals surface area contributed by atoms with E-state index in [1.807, 2.05) is 0 Å². The van der Waals surface area contributed by atoms with Gasteiger partial charge in [-0.3, -0.25) is 9.59 Å². The fourth-order valence-corrected chi connectivity index (χ4v) is 5.00. The van der Waals surface area contributed by atoms with Crippen LogP contribution in [-0.4, -0.2) is 34.1 Å². The third-order valence-corrected chi connectivity index (χ3v) is 5.52. The number of carbonyl (C=O) groups excluding carboxylic acids is 1. The molecule has 1 amide bonds. The second-order valence-corrected chi connectivity index (χ2v) is 6.95. The van der Waals surface area contributed by atoms with E-state index in [1.54, 1.807) is 0 Å². The standard InChI is InChI=1S/C15H21NO5/c17-12(18)6-11(15(20)21)16-14(19)13-9-2-7-1-8(4-9)5-10(13)3-7/h7-11,13H,1-6H2,(H,16,19)(H,17,18)(H,20,21)/t7?,8?,9?,10?,11-,13?/m0/s1. The molecule has 0 saturated heterocycles. The lowest BCUT2D eigenvalue weighted by Crippen LogP contribution is -2.54. The van der Waals surface area contributed by atoms with Crippen molar-refractivity contribution in [3.05, 3.63) is 0 Å². The third kappa shape index (κ3) is 2.76. The lowest BCUT2D eigenvalue weighted by molar-refractivity contribution is -0.150. The molecule has 4 aliphatic rings. The molecular formula is C15H21NO5. The van der Waals surface area contributed by atoms with E-state index in [4.69, 9.17) is 10.2 Å². The number of rotatable bonds is 5. The minimum absolute atomic E-state index is 0.117. The molecule has 4 aliphatic carbocycles. The summed E-state index contributed by atoms with van der Waals surface area (Å²) in [5, 5.41) is 20.2. The Morgan fingerprint density at radius 1 is 0.952 bits per heavy atom. The molecule has 0 aromatic rings. The first-order chi connectivity index (χ1) is 9.94. The van der Waals surface area contributed by atoms with Gasteiger partial charge in [0.1, 0.15) is 6.04 Å². The average Bonchev–Trinajstić information content (AvgIpc) is 2.35. The average molecular weight is 295 g/mol. The van der Waals surface area contributed by atoms with E-state index < -0.39 is 24.4 Å². The maximum absolute atomic E-state index is 12.5. The van der Waals surface area contributed by atoms with Gasteiger partial charge in [-0.25, -0.2) is 4.79 Å². The van der Waals surface area contributed by atoms with Crippen LogP contribution in [-0.2, 0) is 14.4 Å². The molecule has 4 fully saturated rings. The number of nitrogens with one attached hydrogen (secondary N) is 1. The van der Waals surface area contributed by atoms with Crippen molar-refractivity contribution in [1.29, 1.82) is 0 Å². The van der Waals surface area contributed by atoms with Crippen molar-refractivity contribution in [1.82, 2.24) is 5.32 Å². The topological polar surface area (TPSA) is 104 Å². The number of carboxylic acid groups (broad SMARTS) is 2. The molecule has 0 unspecified atom stereocenters. The fraction of sp³-hybridized carbons (Fsp3) is 0.800. The second-order valence-electron chi connectivity index (χ2n) is 6.95. The molecule has 4 saturated carbocycles. The predicted octanol–water partition coefficient (Wildman–Crippen LogP) is 1.10. The largest absolute Gasteiger partial charge is 0.481 e. The summed E-state index contributed by atoms with van der Waals surface area (Å²) >= 11 is 0. The molecule has 0 heterocycles. The van der Waals surface area contributed by atoms with E-state index >= 15 is 0 Å². The number of carbonyl (C=O) groups is 3. The first-order valence-corrected chi connectivity index (χ1v) is 7.69. The fourth-order valence-electron chi connectivity index (χ4n) is 5.00. The van der Waals surface area contributed by atoms with Crippen molar-refractivity contribution in [2.24, 2.45) is 29.6 Å². The second kappa shape index (κ2) is 5.31. The van der Waals surface area contributed by atoms with E-state index in [0.29, 0.717) is 11.8 Å². The Morgan fingerprint density at radius 3 is 1.90 bits per heavy atom. The Balaban J connectivity index is 1.67. The van der Waals surface area contributed by atoms with Gasteiger partial charge in [0.25, 0.3) is 0 Å². The molecular weight excluding hydrogens is 274 g/mol. The number of amides is 1. The molecule has 21 heavy (non-hydrogen) atoms. The van der Waals surface area contributed by atoms with Crippen molar-refractivity contribution >= 4 is 17.8 Å². The SMILES string of the molecule is O=C(O)C[C@H](NC(=O)C1C2CC3CC(C2)CC1C3)C(=O)O. The molecule has 4 rings (SSSR count). The highest BCUT2D eigenvalue weighted by atomic mass is 16.4.